The van der Waals surface area contributed by atoms with Gasteiger partial charge in [0.2, 0.25) is 0 Å². The maximum absolute atomic E-state index is 12.5. The number of methoxy groups -OCH3 is 1. The van der Waals surface area contributed by atoms with Gasteiger partial charge < -0.3 is 10.1 Å². The highest BCUT2D eigenvalue weighted by Crippen LogP contribution is 2.24. The number of rotatable bonds is 6. The Morgan fingerprint density at radius 2 is 2.00 bits per heavy atom. The van der Waals surface area contributed by atoms with Gasteiger partial charge in [-0.1, -0.05) is 6.42 Å². The molecule has 1 amide bonds. The van der Waals surface area contributed by atoms with Gasteiger partial charge in [-0.3, -0.25) is 19.8 Å². The summed E-state index contributed by atoms with van der Waals surface area (Å²) in [6.07, 6.45) is 3.61. The van der Waals surface area contributed by atoms with Crippen LogP contribution in [-0.4, -0.2) is 48.0 Å². The Balaban J connectivity index is 2.08. The fourth-order valence-electron chi connectivity index (χ4n) is 2.99. The second kappa shape index (κ2) is 7.61. The Kier molecular flexibility index (Phi) is 5.77. The number of hydrogen-bond donors (Lipinski definition) is 1. The summed E-state index contributed by atoms with van der Waals surface area (Å²) in [4.78, 5) is 25.3. The molecule has 1 aromatic rings. The molecule has 132 valence electrons. The van der Waals surface area contributed by atoms with E-state index < -0.39 is 4.92 Å². The van der Waals surface area contributed by atoms with Gasteiger partial charge in [-0.15, -0.1) is 0 Å². The first-order chi connectivity index (χ1) is 11.3. The molecule has 0 aromatic heterocycles. The molecule has 2 rings (SSSR count). The van der Waals surface area contributed by atoms with Gasteiger partial charge in [0, 0.05) is 24.2 Å². The number of nitrogens with zero attached hydrogens (tertiary/aromatic N) is 2. The van der Waals surface area contributed by atoms with Crippen molar-refractivity contribution in [2.24, 2.45) is 0 Å². The van der Waals surface area contributed by atoms with Crippen molar-refractivity contribution in [3.05, 3.63) is 33.9 Å². The number of nitro benzene ring substituents is 1. The number of non-ortho nitro benzene ring substituents is 1. The molecule has 0 saturated carbocycles. The van der Waals surface area contributed by atoms with Crippen LogP contribution >= 0.6 is 0 Å². The number of carbonyl (C=O) groups is 1. The van der Waals surface area contributed by atoms with Crippen LogP contribution in [0.5, 0.6) is 5.75 Å². The van der Waals surface area contributed by atoms with Crippen molar-refractivity contribution in [1.29, 1.82) is 0 Å². The van der Waals surface area contributed by atoms with Crippen molar-refractivity contribution in [1.82, 2.24) is 10.2 Å². The topological polar surface area (TPSA) is 84.7 Å². The van der Waals surface area contributed by atoms with Crippen molar-refractivity contribution < 1.29 is 14.5 Å². The van der Waals surface area contributed by atoms with Crippen LogP contribution in [0.25, 0.3) is 0 Å². The average molecular weight is 335 g/mol. The number of benzene rings is 1. The van der Waals surface area contributed by atoms with Crippen LogP contribution in [0.2, 0.25) is 0 Å². The van der Waals surface area contributed by atoms with E-state index in [4.69, 9.17) is 4.74 Å². The number of ether oxygens (including phenoxy) is 1. The molecule has 7 heteroatoms. The van der Waals surface area contributed by atoms with E-state index in [1.807, 2.05) is 0 Å². The predicted octanol–water partition coefficient (Wildman–Crippen LogP) is 2.60. The Morgan fingerprint density at radius 1 is 1.33 bits per heavy atom. The van der Waals surface area contributed by atoms with Crippen LogP contribution in [-0.2, 0) is 0 Å². The summed E-state index contributed by atoms with van der Waals surface area (Å²) >= 11 is 0. The molecule has 0 spiro atoms. The molecule has 1 N–H and O–H groups in total. The zero-order chi connectivity index (χ0) is 17.7. The van der Waals surface area contributed by atoms with E-state index in [9.17, 15) is 14.9 Å². The monoisotopic (exact) mass is 335 g/mol. The fraction of sp³-hybridized carbons (Fsp3) is 0.588. The van der Waals surface area contributed by atoms with Crippen LogP contribution < -0.4 is 10.1 Å². The van der Waals surface area contributed by atoms with Crippen molar-refractivity contribution in [2.75, 3.05) is 26.7 Å². The molecule has 24 heavy (non-hydrogen) atoms. The van der Waals surface area contributed by atoms with Gasteiger partial charge in [0.1, 0.15) is 5.75 Å². The number of nitrogens with one attached hydrogen (secondary N) is 1. The Hall–Kier alpha value is -2.15. The van der Waals surface area contributed by atoms with Crippen molar-refractivity contribution in [2.45, 2.75) is 38.6 Å². The van der Waals surface area contributed by atoms with Crippen LogP contribution in [0, 0.1) is 10.1 Å². The van der Waals surface area contributed by atoms with Gasteiger partial charge in [0.15, 0.2) is 0 Å². The van der Waals surface area contributed by atoms with Gasteiger partial charge in [-0.25, -0.2) is 0 Å². The molecule has 1 aromatic carbocycles. The number of hydrogen-bond acceptors (Lipinski definition) is 5. The lowest BCUT2D eigenvalue weighted by molar-refractivity contribution is -0.384. The first kappa shape index (κ1) is 18.2. The number of amides is 1. The molecular weight excluding hydrogens is 310 g/mol. The first-order valence-electron chi connectivity index (χ1n) is 8.21. The van der Waals surface area contributed by atoms with E-state index in [-0.39, 0.29) is 22.7 Å². The van der Waals surface area contributed by atoms with E-state index in [0.717, 1.165) is 13.1 Å². The first-order valence-corrected chi connectivity index (χ1v) is 8.21. The minimum Gasteiger partial charge on any atom is -0.496 e. The molecule has 7 nitrogen and oxygen atoms in total. The van der Waals surface area contributed by atoms with Crippen molar-refractivity contribution in [3.8, 4) is 5.75 Å². The lowest BCUT2D eigenvalue weighted by Crippen LogP contribution is -2.53. The Labute approximate surface area is 142 Å². The van der Waals surface area contributed by atoms with Crippen LogP contribution in [0.4, 0.5) is 5.69 Å². The third-order valence-electron chi connectivity index (χ3n) is 4.53. The fourth-order valence-corrected chi connectivity index (χ4v) is 2.99. The third-order valence-corrected chi connectivity index (χ3v) is 4.53. The van der Waals surface area contributed by atoms with E-state index in [1.165, 1.54) is 44.6 Å². The molecule has 0 atom stereocenters. The SMILES string of the molecule is COc1ccc([N+](=O)[O-])cc1C(=O)NCC(C)(C)N1CCCCC1. The summed E-state index contributed by atoms with van der Waals surface area (Å²) in [6.45, 7) is 6.73. The lowest BCUT2D eigenvalue weighted by atomic mass is 9.98. The van der Waals surface area contributed by atoms with Gasteiger partial charge in [-0.05, 0) is 45.8 Å². The minimum atomic E-state index is -0.520. The standard InChI is InChI=1S/C17H25N3O4/c1-17(2,19-9-5-4-6-10-19)12-18-16(21)14-11-13(20(22)23)7-8-15(14)24-3/h7-8,11H,4-6,9-10,12H2,1-3H3,(H,18,21). The largest absolute Gasteiger partial charge is 0.496 e. The lowest BCUT2D eigenvalue weighted by Gasteiger charge is -2.41. The van der Waals surface area contributed by atoms with E-state index in [2.05, 4.69) is 24.1 Å². The van der Waals surface area contributed by atoms with E-state index >= 15 is 0 Å². The number of carbonyl (C=O) groups excluding carboxylic acids is 1. The quantitative estimate of drug-likeness (QED) is 0.638. The molecular formula is C17H25N3O4. The molecule has 0 aliphatic carbocycles. The maximum atomic E-state index is 12.5. The molecule has 1 aliphatic heterocycles. The molecule has 1 aliphatic rings. The average Bonchev–Trinajstić information content (AvgIpc) is 2.59. The molecule has 0 unspecified atom stereocenters. The number of piperidine rings is 1. The van der Waals surface area contributed by atoms with Gasteiger partial charge in [-0.2, -0.15) is 0 Å². The highest BCUT2D eigenvalue weighted by molar-refractivity contribution is 5.97. The van der Waals surface area contributed by atoms with Crippen molar-refractivity contribution >= 4 is 11.6 Å². The third kappa shape index (κ3) is 4.23. The second-order valence-electron chi connectivity index (χ2n) is 6.68. The Bertz CT molecular complexity index is 610. The summed E-state index contributed by atoms with van der Waals surface area (Å²) in [5.74, 6) is -0.0329. The summed E-state index contributed by atoms with van der Waals surface area (Å²) in [5.41, 5.74) is -0.110. The summed E-state index contributed by atoms with van der Waals surface area (Å²) < 4.78 is 5.16. The van der Waals surface area contributed by atoms with E-state index in [1.54, 1.807) is 0 Å². The number of nitro groups is 1. The number of likely N-dealkylation sites (tertiary alicyclic amines) is 1. The molecule has 1 heterocycles. The van der Waals surface area contributed by atoms with Gasteiger partial charge >= 0.3 is 0 Å². The minimum absolute atomic E-state index is 0.128. The summed E-state index contributed by atoms with van der Waals surface area (Å²) in [6, 6.07) is 4.03. The maximum Gasteiger partial charge on any atom is 0.270 e. The summed E-state index contributed by atoms with van der Waals surface area (Å²) in [5, 5.41) is 13.8. The highest BCUT2D eigenvalue weighted by Gasteiger charge is 2.29. The summed E-state index contributed by atoms with van der Waals surface area (Å²) in [7, 11) is 1.44. The zero-order valence-electron chi connectivity index (χ0n) is 14.5. The smallest absolute Gasteiger partial charge is 0.270 e. The van der Waals surface area contributed by atoms with Crippen molar-refractivity contribution in [3.63, 3.8) is 0 Å². The highest BCUT2D eigenvalue weighted by atomic mass is 16.6. The normalized spacial score (nSPS) is 15.8. The van der Waals surface area contributed by atoms with Crippen LogP contribution in [0.1, 0.15) is 43.5 Å². The second-order valence-corrected chi connectivity index (χ2v) is 6.68. The van der Waals surface area contributed by atoms with Crippen LogP contribution in [0.3, 0.4) is 0 Å². The predicted molar refractivity (Wildman–Crippen MR) is 91.5 cm³/mol. The Morgan fingerprint density at radius 3 is 2.58 bits per heavy atom. The zero-order valence-corrected chi connectivity index (χ0v) is 14.5. The molecule has 0 bridgehead atoms. The van der Waals surface area contributed by atoms with Crippen LogP contribution in [0.15, 0.2) is 18.2 Å². The molecule has 1 fully saturated rings. The van der Waals surface area contributed by atoms with Gasteiger partial charge in [0.05, 0.1) is 17.6 Å². The van der Waals surface area contributed by atoms with Gasteiger partial charge in [0.25, 0.3) is 11.6 Å². The van der Waals surface area contributed by atoms with E-state index in [0.29, 0.717) is 12.3 Å². The molecule has 1 saturated heterocycles. The molecule has 0 radical (unpaired) electrons.